The third-order valence-corrected chi connectivity index (χ3v) is 7.03. The molecule has 7 aromatic rings. The fraction of sp³-hybridized carbons (Fsp3) is 0. The number of anilines is 2. The molecule has 2 aromatic heterocycles. The monoisotopic (exact) mass is 449 g/mol. The summed E-state index contributed by atoms with van der Waals surface area (Å²) in [6.07, 6.45) is 4.33. The summed E-state index contributed by atoms with van der Waals surface area (Å²) in [5.74, 6) is 0. The van der Waals surface area contributed by atoms with Gasteiger partial charge in [-0.3, -0.25) is 0 Å². The van der Waals surface area contributed by atoms with Crippen molar-refractivity contribution in [3.05, 3.63) is 108 Å². The molecular weight excluding hydrogens is 430 g/mol. The zero-order valence-electron chi connectivity index (χ0n) is 18.7. The summed E-state index contributed by atoms with van der Waals surface area (Å²) in [4.78, 5) is 0. The first kappa shape index (κ1) is 18.6. The minimum atomic E-state index is 0.902. The van der Waals surface area contributed by atoms with Crippen molar-refractivity contribution in [3.63, 3.8) is 0 Å². The van der Waals surface area contributed by atoms with Gasteiger partial charge in [0.1, 0.15) is 22.3 Å². The van der Waals surface area contributed by atoms with Gasteiger partial charge in [0, 0.05) is 44.0 Å². The van der Waals surface area contributed by atoms with Gasteiger partial charge < -0.3 is 14.2 Å². The molecule has 0 radical (unpaired) electrons. The van der Waals surface area contributed by atoms with Crippen LogP contribution in [0.5, 0.6) is 0 Å². The van der Waals surface area contributed by atoms with Gasteiger partial charge in [0.05, 0.1) is 0 Å². The number of nitrogens with one attached hydrogen (secondary N) is 1. The maximum atomic E-state index is 6.28. The Kier molecular flexibility index (Phi) is 3.66. The number of hydrogen-bond donors (Lipinski definition) is 1. The van der Waals surface area contributed by atoms with Gasteiger partial charge >= 0.3 is 0 Å². The van der Waals surface area contributed by atoms with Crippen LogP contribution in [0, 0.1) is 0 Å². The van der Waals surface area contributed by atoms with Crippen molar-refractivity contribution in [3.8, 4) is 11.1 Å². The van der Waals surface area contributed by atoms with E-state index in [-0.39, 0.29) is 0 Å². The van der Waals surface area contributed by atoms with Gasteiger partial charge in [-0.1, -0.05) is 72.8 Å². The summed E-state index contributed by atoms with van der Waals surface area (Å²) >= 11 is 0. The smallest absolute Gasteiger partial charge is 0.143 e. The third kappa shape index (κ3) is 2.72. The normalized spacial score (nSPS) is 12.7. The summed E-state index contributed by atoms with van der Waals surface area (Å²) in [5, 5.41) is 8.20. The topological polar surface area (TPSA) is 38.3 Å². The van der Waals surface area contributed by atoms with Crippen LogP contribution in [0.25, 0.3) is 67.2 Å². The summed E-state index contributed by atoms with van der Waals surface area (Å²) in [6, 6.07) is 33.6. The number of furan rings is 2. The molecule has 0 amide bonds. The molecule has 0 saturated heterocycles. The van der Waals surface area contributed by atoms with Crippen molar-refractivity contribution < 1.29 is 8.83 Å². The lowest BCUT2D eigenvalue weighted by Gasteiger charge is -2.12. The number of fused-ring (bicyclic) bond motifs is 8. The fourth-order valence-corrected chi connectivity index (χ4v) is 5.31. The summed E-state index contributed by atoms with van der Waals surface area (Å²) in [6.45, 7) is 0. The Morgan fingerprint density at radius 1 is 0.486 bits per heavy atom. The second-order valence-electron chi connectivity index (χ2n) is 9.07. The van der Waals surface area contributed by atoms with E-state index in [9.17, 15) is 0 Å². The van der Waals surface area contributed by atoms with E-state index in [2.05, 4.69) is 90.3 Å². The maximum Gasteiger partial charge on any atom is 0.143 e. The van der Waals surface area contributed by atoms with Crippen LogP contribution in [0.15, 0.2) is 106 Å². The summed E-state index contributed by atoms with van der Waals surface area (Å²) in [7, 11) is 0. The van der Waals surface area contributed by atoms with Gasteiger partial charge in [-0.15, -0.1) is 0 Å². The summed E-state index contributed by atoms with van der Waals surface area (Å²) < 4.78 is 12.4. The lowest BCUT2D eigenvalue weighted by atomic mass is 9.99. The largest absolute Gasteiger partial charge is 0.456 e. The molecule has 0 saturated carbocycles. The van der Waals surface area contributed by atoms with Crippen LogP contribution < -0.4 is 5.32 Å². The highest BCUT2D eigenvalue weighted by molar-refractivity contribution is 6.10. The average Bonchev–Trinajstić information content (AvgIpc) is 3.40. The van der Waals surface area contributed by atoms with Crippen molar-refractivity contribution in [1.82, 2.24) is 0 Å². The quantitative estimate of drug-likeness (QED) is 0.271. The van der Waals surface area contributed by atoms with Crippen LogP contribution in [0.3, 0.4) is 0 Å². The van der Waals surface area contributed by atoms with Gasteiger partial charge in [0.15, 0.2) is 0 Å². The number of para-hydroxylation sites is 3. The van der Waals surface area contributed by atoms with Crippen LogP contribution >= 0.6 is 0 Å². The molecule has 0 fully saturated rings. The molecule has 3 heterocycles. The Bertz CT molecular complexity index is 1990. The van der Waals surface area contributed by atoms with Gasteiger partial charge in [-0.2, -0.15) is 0 Å². The molecule has 1 aliphatic heterocycles. The van der Waals surface area contributed by atoms with Crippen molar-refractivity contribution in [2.24, 2.45) is 0 Å². The minimum Gasteiger partial charge on any atom is -0.456 e. The molecule has 3 nitrogen and oxygen atoms in total. The van der Waals surface area contributed by atoms with Crippen LogP contribution in [-0.4, -0.2) is 0 Å². The molecule has 0 aliphatic carbocycles. The van der Waals surface area contributed by atoms with Gasteiger partial charge in [-0.05, 0) is 47.5 Å². The lowest BCUT2D eigenvalue weighted by Crippen LogP contribution is -1.94. The van der Waals surface area contributed by atoms with E-state index in [0.29, 0.717) is 0 Å². The molecule has 164 valence electrons. The van der Waals surface area contributed by atoms with Crippen molar-refractivity contribution in [2.75, 3.05) is 5.32 Å². The standard InChI is InChI=1S/C32H19NO2/c1-4-11-30-23(6-1)25-9-5-8-22(32(25)35-30)19-14-15-27-20(16-19)12-13-21-17-31-26(18-28(21)33-27)24-7-2-3-10-29(24)34-31/h1-18,33H. The molecule has 3 heteroatoms. The predicted molar refractivity (Wildman–Crippen MR) is 145 cm³/mol. The SMILES string of the molecule is C1=Cc2cc3oc4ccccc4c3cc2Nc2ccc(-c3cccc4c3oc3ccccc34)cc21. The highest BCUT2D eigenvalue weighted by Gasteiger charge is 2.16. The lowest BCUT2D eigenvalue weighted by molar-refractivity contribution is 0.669. The van der Waals surface area contributed by atoms with E-state index >= 15 is 0 Å². The van der Waals surface area contributed by atoms with Crippen LogP contribution in [0.1, 0.15) is 11.1 Å². The highest BCUT2D eigenvalue weighted by Crippen LogP contribution is 2.40. The van der Waals surface area contributed by atoms with Crippen molar-refractivity contribution >= 4 is 67.4 Å². The molecule has 0 atom stereocenters. The van der Waals surface area contributed by atoms with Crippen molar-refractivity contribution in [2.45, 2.75) is 0 Å². The van der Waals surface area contributed by atoms with Crippen LogP contribution in [0.2, 0.25) is 0 Å². The Labute approximate surface area is 200 Å². The Hall–Kier alpha value is -4.76. The van der Waals surface area contributed by atoms with Crippen LogP contribution in [-0.2, 0) is 0 Å². The minimum absolute atomic E-state index is 0.902. The van der Waals surface area contributed by atoms with E-state index in [4.69, 9.17) is 8.83 Å². The second kappa shape index (κ2) is 6.87. The molecular formula is C32H19NO2. The van der Waals surface area contributed by atoms with Gasteiger partial charge in [0.2, 0.25) is 0 Å². The first-order valence-corrected chi connectivity index (χ1v) is 11.8. The van der Waals surface area contributed by atoms with Crippen molar-refractivity contribution in [1.29, 1.82) is 0 Å². The zero-order chi connectivity index (χ0) is 22.9. The number of benzene rings is 5. The molecule has 8 rings (SSSR count). The molecule has 0 spiro atoms. The molecule has 5 aromatic carbocycles. The van der Waals surface area contributed by atoms with E-state index in [1.165, 1.54) is 0 Å². The zero-order valence-corrected chi connectivity index (χ0v) is 18.7. The number of hydrogen-bond acceptors (Lipinski definition) is 3. The Morgan fingerprint density at radius 3 is 2.06 bits per heavy atom. The maximum absolute atomic E-state index is 6.28. The van der Waals surface area contributed by atoms with Gasteiger partial charge in [0.25, 0.3) is 0 Å². The second-order valence-corrected chi connectivity index (χ2v) is 9.07. The number of rotatable bonds is 1. The molecule has 1 aliphatic rings. The molecule has 0 bridgehead atoms. The molecule has 35 heavy (non-hydrogen) atoms. The first-order chi connectivity index (χ1) is 17.3. The Morgan fingerprint density at radius 2 is 1.20 bits per heavy atom. The fourth-order valence-electron chi connectivity index (χ4n) is 5.31. The van der Waals surface area contributed by atoms with Gasteiger partial charge in [-0.25, -0.2) is 0 Å². The average molecular weight is 450 g/mol. The highest BCUT2D eigenvalue weighted by atomic mass is 16.3. The third-order valence-electron chi connectivity index (χ3n) is 7.03. The van der Waals surface area contributed by atoms with E-state index in [1.54, 1.807) is 0 Å². The molecule has 0 unspecified atom stereocenters. The first-order valence-electron chi connectivity index (χ1n) is 11.8. The Balaban J connectivity index is 1.27. The molecule has 1 N–H and O–H groups in total. The van der Waals surface area contributed by atoms with Crippen LogP contribution in [0.4, 0.5) is 11.4 Å². The summed E-state index contributed by atoms with van der Waals surface area (Å²) in [5.41, 5.74) is 10.3. The van der Waals surface area contributed by atoms with E-state index in [0.717, 1.165) is 77.5 Å². The predicted octanol–water partition coefficient (Wildman–Crippen LogP) is 9.38. The van der Waals surface area contributed by atoms with E-state index < -0.39 is 0 Å². The van der Waals surface area contributed by atoms with E-state index in [1.807, 2.05) is 24.3 Å².